The molecule has 1 heterocycles. The van der Waals surface area contributed by atoms with Crippen molar-refractivity contribution in [2.75, 3.05) is 10.8 Å². The third kappa shape index (κ3) is 3.49. The van der Waals surface area contributed by atoms with Crippen molar-refractivity contribution in [2.45, 2.75) is 6.23 Å². The highest BCUT2D eigenvalue weighted by molar-refractivity contribution is 8.24. The van der Waals surface area contributed by atoms with Gasteiger partial charge in [0, 0.05) is 0 Å². The Morgan fingerprint density at radius 2 is 1.82 bits per heavy atom. The Bertz CT molecular complexity index is 1040. The third-order valence-electron chi connectivity index (χ3n) is 4.33. The molecule has 146 valence electrons. The molecule has 0 saturated carbocycles. The van der Waals surface area contributed by atoms with Gasteiger partial charge in [-0.15, -0.1) is 0 Å². The van der Waals surface area contributed by atoms with E-state index in [4.69, 9.17) is 4.74 Å². The summed E-state index contributed by atoms with van der Waals surface area (Å²) in [6.45, 7) is -0.107. The van der Waals surface area contributed by atoms with Gasteiger partial charge in [-0.1, -0.05) is 35.2 Å². The lowest BCUT2D eigenvalue weighted by molar-refractivity contribution is 0.0735. The van der Waals surface area contributed by atoms with Gasteiger partial charge in [0.15, 0.2) is 0 Å². The first-order valence-corrected chi connectivity index (χ1v) is 9.89. The van der Waals surface area contributed by atoms with Crippen LogP contribution in [0.15, 0.2) is 60.7 Å². The van der Waals surface area contributed by atoms with E-state index in [1.807, 2.05) is 0 Å². The molecule has 0 spiro atoms. The predicted octanol–water partition coefficient (Wildman–Crippen LogP) is 3.07. The van der Waals surface area contributed by atoms with Crippen molar-refractivity contribution < 1.29 is 28.8 Å². The highest BCUT2D eigenvalue weighted by Gasteiger charge is 2.36. The molecule has 8 nitrogen and oxygen atoms in total. The zero-order valence-corrected chi connectivity index (χ0v) is 15.3. The maximum atomic E-state index is 12.2. The van der Waals surface area contributed by atoms with Gasteiger partial charge in [-0.25, -0.2) is 4.79 Å². The lowest BCUT2D eigenvalue weighted by atomic mass is 10.1. The number of nitrogens with zero attached hydrogens (tertiary/aromatic N) is 1. The second kappa shape index (κ2) is 6.97. The molecule has 0 bridgehead atoms. The SMILES string of the molecule is O=C(Oc1ccc2cc(O)c(N3CC(O)NS3(O)O)cc2c1)c1ccccc1. The molecule has 1 atom stereocenters. The van der Waals surface area contributed by atoms with E-state index in [2.05, 4.69) is 4.72 Å². The molecule has 1 fully saturated rings. The van der Waals surface area contributed by atoms with Crippen molar-refractivity contribution in [3.8, 4) is 11.5 Å². The fourth-order valence-electron chi connectivity index (χ4n) is 3.04. The molecule has 3 aromatic carbocycles. The fourth-order valence-corrected chi connectivity index (χ4v) is 4.37. The van der Waals surface area contributed by atoms with Gasteiger partial charge in [0.2, 0.25) is 0 Å². The molecule has 0 aromatic heterocycles. The monoisotopic (exact) mass is 402 g/mol. The summed E-state index contributed by atoms with van der Waals surface area (Å²) in [5, 5.41) is 21.3. The average Bonchev–Trinajstić information content (AvgIpc) is 2.94. The number of carbonyl (C=O) groups is 1. The number of esters is 1. The first kappa shape index (κ1) is 18.5. The number of fused-ring (bicyclic) bond motifs is 1. The quantitative estimate of drug-likeness (QED) is 0.335. The number of aliphatic hydroxyl groups excluding tert-OH is 1. The first-order chi connectivity index (χ1) is 13.3. The normalized spacial score (nSPS) is 19.5. The third-order valence-corrected chi connectivity index (χ3v) is 5.88. The Balaban J connectivity index is 1.67. The molecule has 5 N–H and O–H groups in total. The molecular formula is C19H18N2O6S. The zero-order chi connectivity index (χ0) is 19.9. The Kier molecular flexibility index (Phi) is 4.61. The smallest absolute Gasteiger partial charge is 0.343 e. The maximum absolute atomic E-state index is 12.2. The maximum Gasteiger partial charge on any atom is 0.343 e. The molecule has 1 unspecified atom stereocenters. The van der Waals surface area contributed by atoms with Gasteiger partial charge in [-0.05, 0) is 47.2 Å². The lowest BCUT2D eigenvalue weighted by Gasteiger charge is -2.36. The van der Waals surface area contributed by atoms with Crippen LogP contribution < -0.4 is 13.8 Å². The number of hydrogen-bond donors (Lipinski definition) is 5. The van der Waals surface area contributed by atoms with Gasteiger partial charge in [-0.2, -0.15) is 4.72 Å². The molecule has 28 heavy (non-hydrogen) atoms. The van der Waals surface area contributed by atoms with Crippen molar-refractivity contribution in [2.24, 2.45) is 0 Å². The van der Waals surface area contributed by atoms with Gasteiger partial charge in [0.25, 0.3) is 0 Å². The largest absolute Gasteiger partial charge is 0.506 e. The van der Waals surface area contributed by atoms with E-state index in [9.17, 15) is 24.1 Å². The molecule has 1 saturated heterocycles. The summed E-state index contributed by atoms with van der Waals surface area (Å²) in [6, 6.07) is 16.5. The van der Waals surface area contributed by atoms with Crippen LogP contribution in [0.5, 0.6) is 11.5 Å². The number of benzene rings is 3. The van der Waals surface area contributed by atoms with Gasteiger partial charge >= 0.3 is 5.97 Å². The average molecular weight is 402 g/mol. The number of hydrogen-bond acceptors (Lipinski definition) is 8. The van der Waals surface area contributed by atoms with E-state index in [-0.39, 0.29) is 18.0 Å². The number of phenols is 1. The number of ether oxygens (including phenoxy) is 1. The highest BCUT2D eigenvalue weighted by atomic mass is 32.3. The van der Waals surface area contributed by atoms with Gasteiger partial charge in [0.1, 0.15) is 23.4 Å². The van der Waals surface area contributed by atoms with Crippen LogP contribution in [0, 0.1) is 0 Å². The second-order valence-corrected chi connectivity index (χ2v) is 8.03. The van der Waals surface area contributed by atoms with E-state index in [1.54, 1.807) is 54.6 Å². The Labute approximate surface area is 162 Å². The van der Waals surface area contributed by atoms with Gasteiger partial charge < -0.3 is 14.9 Å². The molecule has 1 aliphatic heterocycles. The summed E-state index contributed by atoms with van der Waals surface area (Å²) in [5.74, 6) is -0.360. The number of β-amino-alcohol motifs (C(OH)–C–C–N with tert-alkyl or cyclic N) is 1. The van der Waals surface area contributed by atoms with Crippen LogP contribution in [0.3, 0.4) is 0 Å². The van der Waals surface area contributed by atoms with Crippen LogP contribution in [0.2, 0.25) is 0 Å². The second-order valence-electron chi connectivity index (χ2n) is 6.32. The number of anilines is 1. The molecule has 3 aromatic rings. The van der Waals surface area contributed by atoms with Crippen molar-refractivity contribution >= 4 is 33.4 Å². The van der Waals surface area contributed by atoms with Crippen LogP contribution in [-0.4, -0.2) is 38.1 Å². The first-order valence-electron chi connectivity index (χ1n) is 8.39. The minimum atomic E-state index is -3.46. The molecule has 0 radical (unpaired) electrons. The van der Waals surface area contributed by atoms with Crippen molar-refractivity contribution in [1.82, 2.24) is 4.72 Å². The number of aromatic hydroxyl groups is 1. The summed E-state index contributed by atoms with van der Waals surface area (Å²) in [4.78, 5) is 12.2. The molecule has 1 aliphatic rings. The summed E-state index contributed by atoms with van der Waals surface area (Å²) >= 11 is 0. The van der Waals surface area contributed by atoms with E-state index in [0.29, 0.717) is 22.1 Å². The van der Waals surface area contributed by atoms with Crippen LogP contribution in [0.4, 0.5) is 5.69 Å². The van der Waals surface area contributed by atoms with E-state index in [1.165, 1.54) is 6.07 Å². The summed E-state index contributed by atoms with van der Waals surface area (Å²) < 4.78 is 29.0. The highest BCUT2D eigenvalue weighted by Crippen LogP contribution is 2.50. The Morgan fingerprint density at radius 3 is 2.50 bits per heavy atom. The fraction of sp³-hybridized carbons (Fsp3) is 0.105. The number of rotatable bonds is 3. The summed E-state index contributed by atoms with van der Waals surface area (Å²) in [5.41, 5.74) is 0.558. The van der Waals surface area contributed by atoms with E-state index in [0.717, 1.165) is 4.31 Å². The molecule has 0 amide bonds. The van der Waals surface area contributed by atoms with E-state index >= 15 is 0 Å². The van der Waals surface area contributed by atoms with Crippen LogP contribution in [0.25, 0.3) is 10.8 Å². The van der Waals surface area contributed by atoms with Crippen molar-refractivity contribution in [3.05, 3.63) is 66.2 Å². The standard InChI is InChI=1S/C19H18N2O6S/c22-17-10-13-6-7-15(27-19(24)12-4-2-1-3-5-12)8-14(13)9-16(17)21-11-18(23)20-28(21,25)26/h1-10,18,20,22-23,25-26H,11H2. The molecule has 9 heteroatoms. The van der Waals surface area contributed by atoms with Crippen LogP contribution in [0.1, 0.15) is 10.4 Å². The Morgan fingerprint density at radius 1 is 1.07 bits per heavy atom. The van der Waals surface area contributed by atoms with E-state index < -0.39 is 23.2 Å². The topological polar surface area (TPSA) is 122 Å². The molecule has 0 aliphatic carbocycles. The minimum absolute atomic E-state index is 0.107. The number of phenolic OH excluding ortho intramolecular Hbond substituents is 1. The summed E-state index contributed by atoms with van der Waals surface area (Å²) in [7, 11) is -3.46. The number of aliphatic hydroxyl groups is 1. The minimum Gasteiger partial charge on any atom is -0.506 e. The Hall–Kier alpha value is -2.82. The summed E-state index contributed by atoms with van der Waals surface area (Å²) in [6.07, 6.45) is -1.14. The predicted molar refractivity (Wildman–Crippen MR) is 106 cm³/mol. The number of carbonyl (C=O) groups excluding carboxylic acids is 1. The molecular weight excluding hydrogens is 384 g/mol. The van der Waals surface area contributed by atoms with Crippen LogP contribution in [-0.2, 0) is 0 Å². The van der Waals surface area contributed by atoms with Gasteiger partial charge in [0.05, 0.1) is 12.1 Å². The van der Waals surface area contributed by atoms with Crippen LogP contribution >= 0.6 is 11.0 Å². The van der Waals surface area contributed by atoms with Crippen molar-refractivity contribution in [3.63, 3.8) is 0 Å². The lowest BCUT2D eigenvalue weighted by Crippen LogP contribution is -2.25. The zero-order valence-electron chi connectivity index (χ0n) is 14.5. The number of nitrogens with one attached hydrogen (secondary N) is 1. The molecule has 4 rings (SSSR count). The van der Waals surface area contributed by atoms with Crippen molar-refractivity contribution in [1.29, 1.82) is 0 Å². The van der Waals surface area contributed by atoms with Gasteiger partial charge in [-0.3, -0.25) is 13.4 Å².